The van der Waals surface area contributed by atoms with E-state index >= 15 is 0 Å². The highest BCUT2D eigenvalue weighted by Crippen LogP contribution is 2.41. The molecule has 3 nitrogen and oxygen atoms in total. The van der Waals surface area contributed by atoms with Crippen LogP contribution in [0.3, 0.4) is 0 Å². The normalized spacial score (nSPS) is 19.0. The molecule has 0 spiro atoms. The second kappa shape index (κ2) is 5.80. The van der Waals surface area contributed by atoms with E-state index in [-0.39, 0.29) is 0 Å². The van der Waals surface area contributed by atoms with Gasteiger partial charge in [0.25, 0.3) is 0 Å². The summed E-state index contributed by atoms with van der Waals surface area (Å²) in [5, 5.41) is 8.00. The lowest BCUT2D eigenvalue weighted by Crippen LogP contribution is -2.25. The fourth-order valence-electron chi connectivity index (χ4n) is 3.50. The maximum absolute atomic E-state index is 4.48. The van der Waals surface area contributed by atoms with Gasteiger partial charge in [0.2, 0.25) is 0 Å². The van der Waals surface area contributed by atoms with Crippen molar-refractivity contribution in [2.45, 2.75) is 44.7 Å². The van der Waals surface area contributed by atoms with E-state index in [1.807, 2.05) is 6.20 Å². The number of aromatic nitrogens is 2. The first-order valence-corrected chi connectivity index (χ1v) is 7.62. The van der Waals surface area contributed by atoms with E-state index in [1.54, 1.807) is 0 Å². The molecule has 1 aliphatic rings. The molecule has 20 heavy (non-hydrogen) atoms. The highest BCUT2D eigenvalue weighted by Gasteiger charge is 2.31. The van der Waals surface area contributed by atoms with Crippen molar-refractivity contribution in [1.82, 2.24) is 15.1 Å². The molecule has 1 N–H and O–H groups in total. The molecule has 0 amide bonds. The van der Waals surface area contributed by atoms with Crippen LogP contribution in [-0.4, -0.2) is 16.8 Å². The molecule has 3 rings (SSSR count). The molecule has 1 aromatic heterocycles. The van der Waals surface area contributed by atoms with Gasteiger partial charge in [0.1, 0.15) is 0 Å². The summed E-state index contributed by atoms with van der Waals surface area (Å²) in [7, 11) is 2.06. The second-order valence-corrected chi connectivity index (χ2v) is 5.59. The van der Waals surface area contributed by atoms with Crippen LogP contribution in [0.5, 0.6) is 0 Å². The molecular formula is C17H23N3. The van der Waals surface area contributed by atoms with Crippen molar-refractivity contribution < 1.29 is 0 Å². The summed E-state index contributed by atoms with van der Waals surface area (Å²) >= 11 is 0. The summed E-state index contributed by atoms with van der Waals surface area (Å²) in [5.74, 6) is 0.559. The maximum Gasteiger partial charge on any atom is 0.0559 e. The molecule has 106 valence electrons. The van der Waals surface area contributed by atoms with Crippen molar-refractivity contribution in [3.05, 3.63) is 53.3 Å². The molecule has 1 heterocycles. The lowest BCUT2D eigenvalue weighted by molar-refractivity contribution is 0.431. The zero-order valence-corrected chi connectivity index (χ0v) is 12.3. The summed E-state index contributed by atoms with van der Waals surface area (Å²) in [6, 6.07) is 11.4. The van der Waals surface area contributed by atoms with Gasteiger partial charge in [-0.1, -0.05) is 31.2 Å². The van der Waals surface area contributed by atoms with Crippen molar-refractivity contribution in [1.29, 1.82) is 0 Å². The van der Waals surface area contributed by atoms with Crippen molar-refractivity contribution in [2.75, 3.05) is 7.05 Å². The second-order valence-electron chi connectivity index (χ2n) is 5.59. The highest BCUT2D eigenvalue weighted by atomic mass is 15.3. The van der Waals surface area contributed by atoms with Crippen LogP contribution in [-0.2, 0) is 13.0 Å². The Kier molecular flexibility index (Phi) is 3.88. The number of rotatable bonds is 5. The van der Waals surface area contributed by atoms with Gasteiger partial charge in [-0.3, -0.25) is 4.68 Å². The van der Waals surface area contributed by atoms with Crippen molar-refractivity contribution >= 4 is 0 Å². The van der Waals surface area contributed by atoms with Crippen LogP contribution >= 0.6 is 0 Å². The summed E-state index contributed by atoms with van der Waals surface area (Å²) in [6.07, 6.45) is 5.46. The molecular weight excluding hydrogens is 246 g/mol. The van der Waals surface area contributed by atoms with Gasteiger partial charge in [-0.05, 0) is 43.5 Å². The van der Waals surface area contributed by atoms with Crippen LogP contribution in [0.15, 0.2) is 36.5 Å². The predicted octanol–water partition coefficient (Wildman–Crippen LogP) is 3.28. The fraction of sp³-hybridized carbons (Fsp3) is 0.471. The Balaban J connectivity index is 1.93. The smallest absolute Gasteiger partial charge is 0.0559 e. The first kappa shape index (κ1) is 13.4. The first-order chi connectivity index (χ1) is 9.85. The van der Waals surface area contributed by atoms with Crippen LogP contribution in [0, 0.1) is 0 Å². The quantitative estimate of drug-likeness (QED) is 0.902. The van der Waals surface area contributed by atoms with Gasteiger partial charge in [-0.15, -0.1) is 0 Å². The Labute approximate surface area is 121 Å². The largest absolute Gasteiger partial charge is 0.311 e. The molecule has 0 saturated carbocycles. The minimum atomic E-state index is 0.354. The Bertz CT molecular complexity index is 573. The molecule has 2 aromatic rings. The number of likely N-dealkylation sites (N-methyl/N-ethyl adjacent to an activating group) is 1. The van der Waals surface area contributed by atoms with Gasteiger partial charge >= 0.3 is 0 Å². The highest BCUT2D eigenvalue weighted by molar-refractivity contribution is 5.37. The molecule has 3 heteroatoms. The average molecular weight is 269 g/mol. The van der Waals surface area contributed by atoms with Crippen LogP contribution < -0.4 is 5.32 Å². The van der Waals surface area contributed by atoms with Crippen molar-refractivity contribution in [2.24, 2.45) is 0 Å². The topological polar surface area (TPSA) is 29.9 Å². The molecule has 0 saturated heterocycles. The zero-order valence-electron chi connectivity index (χ0n) is 12.3. The van der Waals surface area contributed by atoms with Crippen LogP contribution in [0.2, 0.25) is 0 Å². The van der Waals surface area contributed by atoms with Crippen molar-refractivity contribution in [3.63, 3.8) is 0 Å². The van der Waals surface area contributed by atoms with Crippen LogP contribution in [0.25, 0.3) is 0 Å². The molecule has 0 bridgehead atoms. The van der Waals surface area contributed by atoms with Crippen molar-refractivity contribution in [3.8, 4) is 0 Å². The third kappa shape index (κ3) is 2.27. The summed E-state index contributed by atoms with van der Waals surface area (Å²) in [4.78, 5) is 0. The molecule has 0 radical (unpaired) electrons. The number of hydrogen-bond donors (Lipinski definition) is 1. The lowest BCUT2D eigenvalue weighted by Gasteiger charge is -2.25. The summed E-state index contributed by atoms with van der Waals surface area (Å²) < 4.78 is 2.15. The van der Waals surface area contributed by atoms with Gasteiger partial charge in [-0.25, -0.2) is 0 Å². The van der Waals surface area contributed by atoms with E-state index in [1.165, 1.54) is 29.7 Å². The van der Waals surface area contributed by atoms with Gasteiger partial charge < -0.3 is 5.32 Å². The Morgan fingerprint density at radius 2 is 2.20 bits per heavy atom. The number of nitrogens with one attached hydrogen (secondary N) is 1. The first-order valence-electron chi connectivity index (χ1n) is 7.62. The Morgan fingerprint density at radius 1 is 1.35 bits per heavy atom. The van der Waals surface area contributed by atoms with E-state index < -0.39 is 0 Å². The number of benzene rings is 1. The average Bonchev–Trinajstić information content (AvgIpc) is 3.09. The van der Waals surface area contributed by atoms with E-state index in [9.17, 15) is 0 Å². The van der Waals surface area contributed by atoms with E-state index in [0.29, 0.717) is 12.0 Å². The number of aryl methyl sites for hydroxylation is 2. The van der Waals surface area contributed by atoms with E-state index in [0.717, 1.165) is 13.0 Å². The Hall–Kier alpha value is -1.61. The molecule has 1 aromatic carbocycles. The monoisotopic (exact) mass is 269 g/mol. The lowest BCUT2D eigenvalue weighted by atomic mass is 9.91. The fourth-order valence-corrected chi connectivity index (χ4v) is 3.50. The summed E-state index contributed by atoms with van der Waals surface area (Å²) in [6.45, 7) is 3.19. The zero-order chi connectivity index (χ0) is 13.9. The standard InChI is InChI=1S/C17H23N3/c1-3-12-20-16(10-11-19-20)17(18-2)15-9-8-13-6-4-5-7-14(13)15/h4-7,10-11,15,17-18H,3,8-9,12H2,1-2H3. The van der Waals surface area contributed by atoms with Crippen LogP contribution in [0.4, 0.5) is 0 Å². The minimum absolute atomic E-state index is 0.354. The molecule has 2 unspecified atom stereocenters. The third-order valence-corrected chi connectivity index (χ3v) is 4.40. The maximum atomic E-state index is 4.48. The minimum Gasteiger partial charge on any atom is -0.311 e. The van der Waals surface area contributed by atoms with Crippen LogP contribution in [0.1, 0.15) is 48.5 Å². The van der Waals surface area contributed by atoms with Gasteiger partial charge in [0.15, 0.2) is 0 Å². The molecule has 0 aliphatic heterocycles. The third-order valence-electron chi connectivity index (χ3n) is 4.40. The molecule has 2 atom stereocenters. The van der Waals surface area contributed by atoms with E-state index in [4.69, 9.17) is 0 Å². The SMILES string of the molecule is CCCn1nccc1C(NC)C1CCc2ccccc21. The number of fused-ring (bicyclic) bond motifs is 1. The van der Waals surface area contributed by atoms with Gasteiger partial charge in [0, 0.05) is 18.7 Å². The van der Waals surface area contributed by atoms with Gasteiger partial charge in [0.05, 0.1) is 11.7 Å². The summed E-state index contributed by atoms with van der Waals surface area (Å²) in [5.41, 5.74) is 4.34. The number of hydrogen-bond acceptors (Lipinski definition) is 2. The number of nitrogens with zero attached hydrogens (tertiary/aromatic N) is 2. The Morgan fingerprint density at radius 3 is 3.00 bits per heavy atom. The molecule has 1 aliphatic carbocycles. The van der Waals surface area contributed by atoms with Gasteiger partial charge in [-0.2, -0.15) is 5.10 Å². The molecule has 0 fully saturated rings. The van der Waals surface area contributed by atoms with E-state index in [2.05, 4.69) is 59.4 Å². The predicted molar refractivity (Wildman–Crippen MR) is 81.8 cm³/mol.